The molecule has 20 heavy (non-hydrogen) atoms. The van der Waals surface area contributed by atoms with Crippen molar-refractivity contribution in [1.29, 1.82) is 0 Å². The SMILES string of the molecule is O=C(N1CCCCCC1)N1CC(n2cc(CO)nn2)C1. The topological polar surface area (TPSA) is 74.5 Å². The third-order valence-corrected chi connectivity index (χ3v) is 4.10. The van der Waals surface area contributed by atoms with Crippen LogP contribution in [-0.4, -0.2) is 62.1 Å². The van der Waals surface area contributed by atoms with E-state index in [-0.39, 0.29) is 18.7 Å². The molecule has 1 aromatic heterocycles. The first kappa shape index (κ1) is 13.4. The maximum atomic E-state index is 12.3. The summed E-state index contributed by atoms with van der Waals surface area (Å²) in [5, 5.41) is 16.8. The van der Waals surface area contributed by atoms with Crippen LogP contribution in [0.3, 0.4) is 0 Å². The van der Waals surface area contributed by atoms with Crippen LogP contribution in [0.5, 0.6) is 0 Å². The molecule has 1 N–H and O–H groups in total. The predicted octanol–water partition coefficient (Wildman–Crippen LogP) is 0.623. The summed E-state index contributed by atoms with van der Waals surface area (Å²) in [4.78, 5) is 16.2. The average Bonchev–Trinajstić information content (AvgIpc) is 2.70. The van der Waals surface area contributed by atoms with Crippen LogP contribution in [0.1, 0.15) is 37.4 Å². The molecular weight excluding hydrogens is 258 g/mol. The van der Waals surface area contributed by atoms with Gasteiger partial charge in [0.2, 0.25) is 0 Å². The highest BCUT2D eigenvalue weighted by atomic mass is 16.3. The largest absolute Gasteiger partial charge is 0.390 e. The lowest BCUT2D eigenvalue weighted by atomic mass is 10.1. The monoisotopic (exact) mass is 279 g/mol. The number of aliphatic hydroxyl groups is 1. The van der Waals surface area contributed by atoms with Crippen LogP contribution in [0.15, 0.2) is 6.20 Å². The molecule has 0 radical (unpaired) electrons. The molecule has 0 aliphatic carbocycles. The number of carbonyl (C=O) groups excluding carboxylic acids is 1. The van der Waals surface area contributed by atoms with Crippen LogP contribution in [0.4, 0.5) is 4.79 Å². The van der Waals surface area contributed by atoms with Crippen LogP contribution in [0, 0.1) is 0 Å². The van der Waals surface area contributed by atoms with Crippen molar-refractivity contribution in [2.75, 3.05) is 26.2 Å². The standard InChI is InChI=1S/C13H21N5O2/c19-10-11-7-18(15-14-11)12-8-17(9-12)13(20)16-5-3-1-2-4-6-16/h7,12,19H,1-6,8-10H2. The van der Waals surface area contributed by atoms with Crippen molar-refractivity contribution in [3.63, 3.8) is 0 Å². The number of likely N-dealkylation sites (tertiary alicyclic amines) is 2. The Morgan fingerprint density at radius 3 is 2.50 bits per heavy atom. The van der Waals surface area contributed by atoms with Crippen molar-refractivity contribution >= 4 is 6.03 Å². The van der Waals surface area contributed by atoms with E-state index in [4.69, 9.17) is 5.11 Å². The number of amides is 2. The Kier molecular flexibility index (Phi) is 3.86. The number of aliphatic hydroxyl groups excluding tert-OH is 1. The van der Waals surface area contributed by atoms with Gasteiger partial charge in [0.1, 0.15) is 5.69 Å². The maximum absolute atomic E-state index is 12.3. The highest BCUT2D eigenvalue weighted by Gasteiger charge is 2.35. The smallest absolute Gasteiger partial charge is 0.320 e. The third kappa shape index (κ3) is 2.63. The van der Waals surface area contributed by atoms with Gasteiger partial charge in [0.15, 0.2) is 0 Å². The van der Waals surface area contributed by atoms with Crippen LogP contribution >= 0.6 is 0 Å². The molecule has 3 rings (SSSR count). The van der Waals surface area contributed by atoms with E-state index in [9.17, 15) is 4.79 Å². The van der Waals surface area contributed by atoms with Gasteiger partial charge in [0, 0.05) is 26.2 Å². The summed E-state index contributed by atoms with van der Waals surface area (Å²) in [7, 11) is 0. The van der Waals surface area contributed by atoms with Gasteiger partial charge in [-0.2, -0.15) is 0 Å². The molecule has 3 heterocycles. The molecule has 110 valence electrons. The van der Waals surface area contributed by atoms with Gasteiger partial charge >= 0.3 is 6.03 Å². The number of hydrogen-bond acceptors (Lipinski definition) is 4. The Bertz CT molecular complexity index is 461. The number of urea groups is 1. The van der Waals surface area contributed by atoms with Crippen molar-refractivity contribution in [1.82, 2.24) is 24.8 Å². The van der Waals surface area contributed by atoms with E-state index in [0.717, 1.165) is 25.9 Å². The second-order valence-corrected chi connectivity index (χ2v) is 5.59. The summed E-state index contributed by atoms with van der Waals surface area (Å²) < 4.78 is 1.75. The van der Waals surface area contributed by atoms with Gasteiger partial charge in [0.05, 0.1) is 18.8 Å². The Morgan fingerprint density at radius 2 is 1.90 bits per heavy atom. The minimum atomic E-state index is -0.0941. The van der Waals surface area contributed by atoms with E-state index in [2.05, 4.69) is 10.3 Å². The second-order valence-electron chi connectivity index (χ2n) is 5.59. The maximum Gasteiger partial charge on any atom is 0.320 e. The number of rotatable bonds is 2. The number of carbonyl (C=O) groups is 1. The lowest BCUT2D eigenvalue weighted by Gasteiger charge is -2.41. The van der Waals surface area contributed by atoms with Gasteiger partial charge in [-0.1, -0.05) is 18.1 Å². The zero-order valence-electron chi connectivity index (χ0n) is 11.6. The highest BCUT2D eigenvalue weighted by Crippen LogP contribution is 2.23. The number of hydrogen-bond donors (Lipinski definition) is 1. The minimum Gasteiger partial charge on any atom is -0.390 e. The predicted molar refractivity (Wildman–Crippen MR) is 72.0 cm³/mol. The molecule has 0 bridgehead atoms. The Morgan fingerprint density at radius 1 is 1.20 bits per heavy atom. The molecule has 0 spiro atoms. The van der Waals surface area contributed by atoms with E-state index in [1.165, 1.54) is 12.8 Å². The molecule has 2 fully saturated rings. The average molecular weight is 279 g/mol. The first-order chi connectivity index (χ1) is 9.78. The summed E-state index contributed by atoms with van der Waals surface area (Å²) in [5.41, 5.74) is 0.572. The summed E-state index contributed by atoms with van der Waals surface area (Å²) in [6.07, 6.45) is 6.45. The number of nitrogens with zero attached hydrogens (tertiary/aromatic N) is 5. The van der Waals surface area contributed by atoms with Crippen LogP contribution < -0.4 is 0 Å². The second kappa shape index (κ2) is 5.78. The van der Waals surface area contributed by atoms with E-state index in [0.29, 0.717) is 18.8 Å². The van der Waals surface area contributed by atoms with E-state index >= 15 is 0 Å². The summed E-state index contributed by atoms with van der Waals surface area (Å²) >= 11 is 0. The van der Waals surface area contributed by atoms with E-state index in [1.54, 1.807) is 10.9 Å². The molecule has 0 unspecified atom stereocenters. The Labute approximate surface area is 118 Å². The lowest BCUT2D eigenvalue weighted by molar-refractivity contribution is 0.0894. The Hall–Kier alpha value is -1.63. The molecule has 0 aromatic carbocycles. The molecule has 0 saturated carbocycles. The third-order valence-electron chi connectivity index (χ3n) is 4.10. The molecule has 2 saturated heterocycles. The Balaban J connectivity index is 1.52. The number of aromatic nitrogens is 3. The zero-order chi connectivity index (χ0) is 13.9. The quantitative estimate of drug-likeness (QED) is 0.861. The van der Waals surface area contributed by atoms with Gasteiger partial charge < -0.3 is 14.9 Å². The highest BCUT2D eigenvalue weighted by molar-refractivity contribution is 5.75. The lowest BCUT2D eigenvalue weighted by Crippen LogP contribution is -2.55. The van der Waals surface area contributed by atoms with Crippen LogP contribution in [0.25, 0.3) is 0 Å². The van der Waals surface area contributed by atoms with Gasteiger partial charge in [0.25, 0.3) is 0 Å². The van der Waals surface area contributed by atoms with E-state index in [1.807, 2.05) is 9.80 Å². The fraction of sp³-hybridized carbons (Fsp3) is 0.769. The fourth-order valence-corrected chi connectivity index (χ4v) is 2.81. The fourth-order valence-electron chi connectivity index (χ4n) is 2.81. The first-order valence-electron chi connectivity index (χ1n) is 7.33. The van der Waals surface area contributed by atoms with Gasteiger partial charge in [-0.3, -0.25) is 0 Å². The van der Waals surface area contributed by atoms with Crippen LogP contribution in [0.2, 0.25) is 0 Å². The molecule has 2 aliphatic rings. The molecule has 1 aromatic rings. The normalized spacial score (nSPS) is 20.6. The van der Waals surface area contributed by atoms with Gasteiger partial charge in [-0.15, -0.1) is 5.10 Å². The summed E-state index contributed by atoms with van der Waals surface area (Å²) in [6, 6.07) is 0.351. The summed E-state index contributed by atoms with van der Waals surface area (Å²) in [6.45, 7) is 3.05. The first-order valence-corrected chi connectivity index (χ1v) is 7.33. The van der Waals surface area contributed by atoms with Gasteiger partial charge in [-0.25, -0.2) is 9.48 Å². The van der Waals surface area contributed by atoms with Crippen molar-refractivity contribution in [3.8, 4) is 0 Å². The molecule has 2 amide bonds. The van der Waals surface area contributed by atoms with Crippen LogP contribution in [-0.2, 0) is 6.61 Å². The minimum absolute atomic E-state index is 0.0941. The molecule has 0 atom stereocenters. The van der Waals surface area contributed by atoms with Crippen molar-refractivity contribution in [2.24, 2.45) is 0 Å². The van der Waals surface area contributed by atoms with Crippen molar-refractivity contribution < 1.29 is 9.90 Å². The van der Waals surface area contributed by atoms with Gasteiger partial charge in [-0.05, 0) is 12.8 Å². The van der Waals surface area contributed by atoms with Crippen molar-refractivity contribution in [2.45, 2.75) is 38.3 Å². The summed E-state index contributed by atoms with van der Waals surface area (Å²) in [5.74, 6) is 0. The molecule has 7 nitrogen and oxygen atoms in total. The zero-order valence-corrected chi connectivity index (χ0v) is 11.6. The molecule has 7 heteroatoms. The van der Waals surface area contributed by atoms with Crippen molar-refractivity contribution in [3.05, 3.63) is 11.9 Å². The van der Waals surface area contributed by atoms with E-state index < -0.39 is 0 Å². The molecule has 2 aliphatic heterocycles. The molecular formula is C13H21N5O2.